The molecule has 18 heavy (non-hydrogen) atoms. The van der Waals surface area contributed by atoms with E-state index in [-0.39, 0.29) is 11.9 Å². The van der Waals surface area contributed by atoms with Crippen molar-refractivity contribution in [1.82, 2.24) is 10.2 Å². The van der Waals surface area contributed by atoms with E-state index >= 15 is 0 Å². The first-order chi connectivity index (χ1) is 8.54. The molecule has 0 bridgehead atoms. The van der Waals surface area contributed by atoms with Crippen LogP contribution in [0.4, 0.5) is 0 Å². The number of hydrogen-bond acceptors (Lipinski definition) is 3. The molecule has 0 saturated carbocycles. The maximum atomic E-state index is 11.4. The highest BCUT2D eigenvalue weighted by Crippen LogP contribution is 2.22. The average molecular weight is 255 g/mol. The van der Waals surface area contributed by atoms with Gasteiger partial charge in [-0.1, -0.05) is 13.8 Å². The number of nitrogens with two attached hydrogens (primary N) is 1. The van der Waals surface area contributed by atoms with Gasteiger partial charge in [-0.2, -0.15) is 0 Å². The predicted molar refractivity (Wildman–Crippen MR) is 75.3 cm³/mol. The van der Waals surface area contributed by atoms with E-state index in [2.05, 4.69) is 31.0 Å². The highest BCUT2D eigenvalue weighted by atomic mass is 16.1. The van der Waals surface area contributed by atoms with Crippen molar-refractivity contribution in [3.05, 3.63) is 0 Å². The van der Waals surface area contributed by atoms with Gasteiger partial charge in [0.2, 0.25) is 5.91 Å². The highest BCUT2D eigenvalue weighted by molar-refractivity contribution is 5.79. The predicted octanol–water partition coefficient (Wildman–Crippen LogP) is 1.35. The van der Waals surface area contributed by atoms with E-state index in [1.165, 1.54) is 12.8 Å². The fourth-order valence-electron chi connectivity index (χ4n) is 2.75. The van der Waals surface area contributed by atoms with Crippen molar-refractivity contribution in [1.29, 1.82) is 0 Å². The lowest BCUT2D eigenvalue weighted by Gasteiger charge is -2.37. The van der Waals surface area contributed by atoms with E-state index in [1.54, 1.807) is 0 Å². The lowest BCUT2D eigenvalue weighted by atomic mass is 9.93. The Balaban J connectivity index is 2.34. The van der Waals surface area contributed by atoms with Crippen LogP contribution in [-0.4, -0.2) is 42.5 Å². The molecule has 0 aromatic rings. The Labute approximate surface area is 111 Å². The number of primary amides is 1. The monoisotopic (exact) mass is 255 g/mol. The number of nitrogens with zero attached hydrogens (tertiary/aromatic N) is 1. The van der Waals surface area contributed by atoms with Crippen LogP contribution >= 0.6 is 0 Å². The molecule has 1 aliphatic rings. The Morgan fingerprint density at radius 3 is 2.78 bits per heavy atom. The Bertz CT molecular complexity index is 257. The van der Waals surface area contributed by atoms with Crippen molar-refractivity contribution in [2.24, 2.45) is 11.7 Å². The summed E-state index contributed by atoms with van der Waals surface area (Å²) in [6.45, 7) is 9.69. The van der Waals surface area contributed by atoms with Gasteiger partial charge in [-0.15, -0.1) is 0 Å². The Kier molecular flexibility index (Phi) is 6.65. The third-order valence-corrected chi connectivity index (χ3v) is 3.97. The zero-order chi connectivity index (χ0) is 13.5. The van der Waals surface area contributed by atoms with Gasteiger partial charge in [-0.3, -0.25) is 4.79 Å². The maximum absolute atomic E-state index is 11.4. The summed E-state index contributed by atoms with van der Waals surface area (Å²) in [4.78, 5) is 13.8. The van der Waals surface area contributed by atoms with Crippen LogP contribution in [0.2, 0.25) is 0 Å². The van der Waals surface area contributed by atoms with Gasteiger partial charge in [0.1, 0.15) is 0 Å². The molecule has 0 spiro atoms. The van der Waals surface area contributed by atoms with Crippen molar-refractivity contribution in [3.8, 4) is 0 Å². The highest BCUT2D eigenvalue weighted by Gasteiger charge is 2.24. The lowest BCUT2D eigenvalue weighted by molar-refractivity contribution is -0.120. The standard InChI is InChI=1S/C14H29N3O/c1-4-7-16-13(14(15)18)6-9-17-8-5-11(2)10-12(17)3/h11-13,16H,4-10H2,1-3H3,(H2,15,18). The van der Waals surface area contributed by atoms with Crippen LogP contribution in [0.25, 0.3) is 0 Å². The number of carbonyl (C=O) groups excluding carboxylic acids is 1. The number of nitrogens with one attached hydrogen (secondary N) is 1. The maximum Gasteiger partial charge on any atom is 0.234 e. The first-order valence-electron chi connectivity index (χ1n) is 7.31. The third kappa shape index (κ3) is 4.94. The van der Waals surface area contributed by atoms with Crippen molar-refractivity contribution in [3.63, 3.8) is 0 Å². The summed E-state index contributed by atoms with van der Waals surface area (Å²) in [6.07, 6.45) is 4.40. The molecule has 0 aromatic heterocycles. The smallest absolute Gasteiger partial charge is 0.234 e. The molecular weight excluding hydrogens is 226 g/mol. The molecule has 0 aliphatic carbocycles. The minimum Gasteiger partial charge on any atom is -0.368 e. The summed E-state index contributed by atoms with van der Waals surface area (Å²) >= 11 is 0. The van der Waals surface area contributed by atoms with Gasteiger partial charge >= 0.3 is 0 Å². The molecule has 106 valence electrons. The molecule has 1 amide bonds. The van der Waals surface area contributed by atoms with Crippen molar-refractivity contribution < 1.29 is 4.79 Å². The van der Waals surface area contributed by atoms with Crippen LogP contribution in [0.15, 0.2) is 0 Å². The number of likely N-dealkylation sites (tertiary alicyclic amines) is 1. The molecule has 1 fully saturated rings. The molecule has 4 nitrogen and oxygen atoms in total. The van der Waals surface area contributed by atoms with Gasteiger partial charge in [0.05, 0.1) is 6.04 Å². The first-order valence-corrected chi connectivity index (χ1v) is 7.31. The molecule has 1 rings (SSSR count). The van der Waals surface area contributed by atoms with Crippen LogP contribution in [0, 0.1) is 5.92 Å². The van der Waals surface area contributed by atoms with Crippen LogP contribution in [0.1, 0.15) is 46.5 Å². The van der Waals surface area contributed by atoms with Crippen molar-refractivity contribution in [2.75, 3.05) is 19.6 Å². The summed E-state index contributed by atoms with van der Waals surface area (Å²) in [6, 6.07) is 0.463. The second kappa shape index (κ2) is 7.74. The van der Waals surface area contributed by atoms with E-state index in [4.69, 9.17) is 5.73 Å². The van der Waals surface area contributed by atoms with E-state index in [1.807, 2.05) is 0 Å². The van der Waals surface area contributed by atoms with Crippen LogP contribution in [-0.2, 0) is 4.79 Å². The van der Waals surface area contributed by atoms with E-state index in [9.17, 15) is 4.79 Å². The Hall–Kier alpha value is -0.610. The van der Waals surface area contributed by atoms with Gasteiger partial charge in [-0.05, 0) is 51.6 Å². The minimum absolute atomic E-state index is 0.170. The molecule has 0 radical (unpaired) electrons. The largest absolute Gasteiger partial charge is 0.368 e. The molecule has 1 heterocycles. The van der Waals surface area contributed by atoms with Crippen LogP contribution in [0.3, 0.4) is 0 Å². The topological polar surface area (TPSA) is 58.4 Å². The van der Waals surface area contributed by atoms with Crippen LogP contribution in [0.5, 0.6) is 0 Å². The van der Waals surface area contributed by atoms with E-state index < -0.39 is 0 Å². The van der Waals surface area contributed by atoms with Gasteiger partial charge in [-0.25, -0.2) is 0 Å². The molecule has 1 saturated heterocycles. The number of carbonyl (C=O) groups is 1. The zero-order valence-electron chi connectivity index (χ0n) is 12.1. The molecule has 1 aliphatic heterocycles. The Morgan fingerprint density at radius 1 is 1.50 bits per heavy atom. The fourth-order valence-corrected chi connectivity index (χ4v) is 2.75. The lowest BCUT2D eigenvalue weighted by Crippen LogP contribution is -2.46. The number of rotatable bonds is 7. The van der Waals surface area contributed by atoms with Crippen molar-refractivity contribution in [2.45, 2.75) is 58.5 Å². The number of amides is 1. The van der Waals surface area contributed by atoms with Gasteiger partial charge in [0.15, 0.2) is 0 Å². The quantitative estimate of drug-likeness (QED) is 0.722. The first kappa shape index (κ1) is 15.4. The Morgan fingerprint density at radius 2 is 2.22 bits per heavy atom. The summed E-state index contributed by atoms with van der Waals surface area (Å²) in [5.74, 6) is 0.614. The third-order valence-electron chi connectivity index (χ3n) is 3.97. The molecule has 3 unspecified atom stereocenters. The summed E-state index contributed by atoms with van der Waals surface area (Å²) in [7, 11) is 0. The zero-order valence-corrected chi connectivity index (χ0v) is 12.1. The van der Waals surface area contributed by atoms with Gasteiger partial charge in [0.25, 0.3) is 0 Å². The van der Waals surface area contributed by atoms with Gasteiger partial charge in [0, 0.05) is 12.6 Å². The fraction of sp³-hybridized carbons (Fsp3) is 0.929. The second-order valence-electron chi connectivity index (χ2n) is 5.71. The molecule has 3 atom stereocenters. The van der Waals surface area contributed by atoms with Crippen molar-refractivity contribution >= 4 is 5.91 Å². The van der Waals surface area contributed by atoms with E-state index in [0.29, 0.717) is 6.04 Å². The number of hydrogen-bond donors (Lipinski definition) is 2. The molecular formula is C14H29N3O. The van der Waals surface area contributed by atoms with Gasteiger partial charge < -0.3 is 16.0 Å². The normalized spacial score (nSPS) is 27.1. The van der Waals surface area contributed by atoms with E-state index in [0.717, 1.165) is 38.4 Å². The molecule has 3 N–H and O–H groups in total. The summed E-state index contributed by atoms with van der Waals surface area (Å²) in [5.41, 5.74) is 5.43. The summed E-state index contributed by atoms with van der Waals surface area (Å²) in [5, 5.41) is 3.23. The molecule has 4 heteroatoms. The summed E-state index contributed by atoms with van der Waals surface area (Å²) < 4.78 is 0. The second-order valence-corrected chi connectivity index (χ2v) is 5.71. The number of piperidine rings is 1. The minimum atomic E-state index is -0.221. The average Bonchev–Trinajstić information content (AvgIpc) is 2.31. The molecule has 0 aromatic carbocycles. The van der Waals surface area contributed by atoms with Crippen LogP contribution < -0.4 is 11.1 Å². The SMILES string of the molecule is CCCNC(CCN1CCC(C)CC1C)C(N)=O.